The number of anilines is 3. The first kappa shape index (κ1) is 16.6. The number of rotatable bonds is 5. The summed E-state index contributed by atoms with van der Waals surface area (Å²) in [4.78, 5) is 20.7. The zero-order valence-electron chi connectivity index (χ0n) is 14.3. The van der Waals surface area contributed by atoms with Crippen molar-refractivity contribution >= 4 is 23.2 Å². The molecule has 7 heteroatoms. The van der Waals surface area contributed by atoms with Gasteiger partial charge in [-0.2, -0.15) is 0 Å². The highest BCUT2D eigenvalue weighted by Crippen LogP contribution is 2.24. The molecule has 0 fully saturated rings. The van der Waals surface area contributed by atoms with Gasteiger partial charge in [-0.05, 0) is 24.5 Å². The van der Waals surface area contributed by atoms with Gasteiger partial charge in [0.1, 0.15) is 23.6 Å². The fourth-order valence-corrected chi connectivity index (χ4v) is 2.41. The number of hydrogen-bond acceptors (Lipinski definition) is 6. The number of benzene rings is 1. The van der Waals surface area contributed by atoms with Crippen molar-refractivity contribution in [2.24, 2.45) is 0 Å². The van der Waals surface area contributed by atoms with Crippen molar-refractivity contribution < 1.29 is 9.32 Å². The Hall–Kier alpha value is -3.22. The van der Waals surface area contributed by atoms with Crippen molar-refractivity contribution in [1.29, 1.82) is 0 Å². The second-order valence-electron chi connectivity index (χ2n) is 5.93. The Morgan fingerprint density at radius 2 is 1.92 bits per heavy atom. The predicted molar refractivity (Wildman–Crippen MR) is 95.0 cm³/mol. The maximum atomic E-state index is 12.5. The Morgan fingerprint density at radius 3 is 2.64 bits per heavy atom. The SMILES string of the molecule is Cc1cc(Nc2cc(C(=O)Nc3ccccc3C(C)C)ncn2)no1. The summed E-state index contributed by atoms with van der Waals surface area (Å²) in [6.45, 7) is 5.96. The molecule has 0 spiro atoms. The van der Waals surface area contributed by atoms with Crippen LogP contribution in [0.15, 0.2) is 47.2 Å². The number of carbonyl (C=O) groups excluding carboxylic acids is 1. The molecule has 3 rings (SSSR count). The molecule has 0 aliphatic carbocycles. The van der Waals surface area contributed by atoms with Gasteiger partial charge < -0.3 is 15.2 Å². The highest BCUT2D eigenvalue weighted by Gasteiger charge is 2.13. The summed E-state index contributed by atoms with van der Waals surface area (Å²) in [5, 5.41) is 9.73. The first-order valence-corrected chi connectivity index (χ1v) is 7.95. The van der Waals surface area contributed by atoms with Gasteiger partial charge in [-0.3, -0.25) is 4.79 Å². The van der Waals surface area contributed by atoms with E-state index >= 15 is 0 Å². The van der Waals surface area contributed by atoms with Crippen molar-refractivity contribution in [2.75, 3.05) is 10.6 Å². The number of nitrogens with zero attached hydrogens (tertiary/aromatic N) is 3. The van der Waals surface area contributed by atoms with Crippen LogP contribution in [-0.4, -0.2) is 21.0 Å². The van der Waals surface area contributed by atoms with E-state index in [-0.39, 0.29) is 11.6 Å². The van der Waals surface area contributed by atoms with Crippen LogP contribution in [0.3, 0.4) is 0 Å². The van der Waals surface area contributed by atoms with E-state index in [9.17, 15) is 4.79 Å². The topological polar surface area (TPSA) is 92.9 Å². The molecule has 25 heavy (non-hydrogen) atoms. The maximum absolute atomic E-state index is 12.5. The summed E-state index contributed by atoms with van der Waals surface area (Å²) in [6, 6.07) is 11.0. The van der Waals surface area contributed by atoms with E-state index in [1.54, 1.807) is 19.1 Å². The largest absolute Gasteiger partial charge is 0.360 e. The molecule has 3 aromatic rings. The normalized spacial score (nSPS) is 10.7. The van der Waals surface area contributed by atoms with Crippen molar-refractivity contribution in [3.05, 3.63) is 59.7 Å². The number of para-hydroxylation sites is 1. The fourth-order valence-electron chi connectivity index (χ4n) is 2.41. The quantitative estimate of drug-likeness (QED) is 0.733. The molecule has 2 heterocycles. The maximum Gasteiger partial charge on any atom is 0.274 e. The van der Waals surface area contributed by atoms with Gasteiger partial charge in [0.15, 0.2) is 5.82 Å². The lowest BCUT2D eigenvalue weighted by atomic mass is 10.0. The minimum atomic E-state index is -0.296. The number of aryl methyl sites for hydroxylation is 1. The van der Waals surface area contributed by atoms with Gasteiger partial charge in [-0.1, -0.05) is 37.2 Å². The van der Waals surface area contributed by atoms with E-state index in [0.29, 0.717) is 23.3 Å². The van der Waals surface area contributed by atoms with Crippen LogP contribution in [0.4, 0.5) is 17.3 Å². The fraction of sp³-hybridized carbons (Fsp3) is 0.222. The third-order valence-electron chi connectivity index (χ3n) is 3.61. The van der Waals surface area contributed by atoms with Crippen LogP contribution in [0, 0.1) is 6.92 Å². The van der Waals surface area contributed by atoms with Crippen LogP contribution < -0.4 is 10.6 Å². The molecule has 0 aliphatic heterocycles. The first-order chi connectivity index (χ1) is 12.0. The zero-order chi connectivity index (χ0) is 17.8. The Morgan fingerprint density at radius 1 is 1.12 bits per heavy atom. The Kier molecular flexibility index (Phi) is 4.74. The second kappa shape index (κ2) is 7.12. The highest BCUT2D eigenvalue weighted by molar-refractivity contribution is 6.03. The average Bonchev–Trinajstić information content (AvgIpc) is 3.00. The highest BCUT2D eigenvalue weighted by atomic mass is 16.5. The average molecular weight is 337 g/mol. The van der Waals surface area contributed by atoms with Crippen LogP contribution in [0.5, 0.6) is 0 Å². The molecule has 0 atom stereocenters. The van der Waals surface area contributed by atoms with Crippen molar-refractivity contribution in [2.45, 2.75) is 26.7 Å². The lowest BCUT2D eigenvalue weighted by molar-refractivity contribution is 0.102. The van der Waals surface area contributed by atoms with Crippen LogP contribution >= 0.6 is 0 Å². The standard InChI is InChI=1S/C18H19N5O2/c1-11(2)13-6-4-5-7-14(13)21-18(24)15-9-16(20-10-19-15)22-17-8-12(3)25-23-17/h4-11H,1-3H3,(H,21,24)(H,19,20,22,23). The molecular weight excluding hydrogens is 318 g/mol. The Labute approximate surface area is 145 Å². The third kappa shape index (κ3) is 4.00. The predicted octanol–water partition coefficient (Wildman–Crippen LogP) is 3.89. The summed E-state index contributed by atoms with van der Waals surface area (Å²) in [5.41, 5.74) is 2.11. The second-order valence-corrected chi connectivity index (χ2v) is 5.93. The van der Waals surface area contributed by atoms with Gasteiger partial charge >= 0.3 is 0 Å². The van der Waals surface area contributed by atoms with E-state index in [1.807, 2.05) is 24.3 Å². The molecule has 2 aromatic heterocycles. The van der Waals surface area contributed by atoms with Crippen molar-refractivity contribution in [3.63, 3.8) is 0 Å². The van der Waals surface area contributed by atoms with E-state index in [0.717, 1.165) is 11.3 Å². The molecule has 2 N–H and O–H groups in total. The lowest BCUT2D eigenvalue weighted by Gasteiger charge is -2.13. The molecule has 0 bridgehead atoms. The molecule has 0 unspecified atom stereocenters. The molecule has 1 aromatic carbocycles. The molecular formula is C18H19N5O2. The van der Waals surface area contributed by atoms with Crippen molar-refractivity contribution in [3.8, 4) is 0 Å². The summed E-state index contributed by atoms with van der Waals surface area (Å²) in [5.74, 6) is 1.67. The Bertz CT molecular complexity index is 888. The first-order valence-electron chi connectivity index (χ1n) is 7.95. The smallest absolute Gasteiger partial charge is 0.274 e. The van der Waals surface area contributed by atoms with E-state index in [2.05, 4.69) is 39.6 Å². The van der Waals surface area contributed by atoms with Crippen LogP contribution in [0.2, 0.25) is 0 Å². The molecule has 0 radical (unpaired) electrons. The summed E-state index contributed by atoms with van der Waals surface area (Å²) >= 11 is 0. The van der Waals surface area contributed by atoms with E-state index < -0.39 is 0 Å². The minimum Gasteiger partial charge on any atom is -0.360 e. The van der Waals surface area contributed by atoms with Gasteiger partial charge in [0.05, 0.1) is 0 Å². The lowest BCUT2D eigenvalue weighted by Crippen LogP contribution is -2.15. The molecule has 0 saturated heterocycles. The van der Waals surface area contributed by atoms with E-state index in [1.165, 1.54) is 6.33 Å². The third-order valence-corrected chi connectivity index (χ3v) is 3.61. The molecule has 7 nitrogen and oxygen atoms in total. The van der Waals surface area contributed by atoms with Gasteiger partial charge in [0, 0.05) is 17.8 Å². The van der Waals surface area contributed by atoms with Crippen molar-refractivity contribution in [1.82, 2.24) is 15.1 Å². The summed E-state index contributed by atoms with van der Waals surface area (Å²) in [6.07, 6.45) is 1.33. The summed E-state index contributed by atoms with van der Waals surface area (Å²) < 4.78 is 4.99. The summed E-state index contributed by atoms with van der Waals surface area (Å²) in [7, 11) is 0. The number of nitrogens with one attached hydrogen (secondary N) is 2. The van der Waals surface area contributed by atoms with Crippen LogP contribution in [-0.2, 0) is 0 Å². The van der Waals surface area contributed by atoms with E-state index in [4.69, 9.17) is 4.52 Å². The number of amides is 1. The van der Waals surface area contributed by atoms with Gasteiger partial charge in [0.2, 0.25) is 0 Å². The minimum absolute atomic E-state index is 0.260. The zero-order valence-corrected chi connectivity index (χ0v) is 14.3. The number of aromatic nitrogens is 3. The Balaban J connectivity index is 1.78. The monoisotopic (exact) mass is 337 g/mol. The molecule has 0 saturated carbocycles. The molecule has 128 valence electrons. The van der Waals surface area contributed by atoms with Crippen LogP contribution in [0.1, 0.15) is 41.6 Å². The van der Waals surface area contributed by atoms with Crippen LogP contribution in [0.25, 0.3) is 0 Å². The van der Waals surface area contributed by atoms with Gasteiger partial charge in [-0.15, -0.1) is 0 Å². The van der Waals surface area contributed by atoms with Gasteiger partial charge in [-0.25, -0.2) is 9.97 Å². The van der Waals surface area contributed by atoms with Gasteiger partial charge in [0.25, 0.3) is 5.91 Å². The number of carbonyl (C=O) groups is 1. The molecule has 0 aliphatic rings. The molecule has 1 amide bonds. The number of hydrogen-bond donors (Lipinski definition) is 2.